The molecule has 1 fully saturated rings. The quantitative estimate of drug-likeness (QED) is 0.875. The Balaban J connectivity index is 1.83. The van der Waals surface area contributed by atoms with Gasteiger partial charge >= 0.3 is 0 Å². The molecule has 1 aromatic carbocycles. The summed E-state index contributed by atoms with van der Waals surface area (Å²) in [5, 5.41) is 13.1. The van der Waals surface area contributed by atoms with Crippen molar-refractivity contribution in [2.24, 2.45) is 5.92 Å². The zero-order valence-corrected chi connectivity index (χ0v) is 12.9. The number of hydrogen-bond donors (Lipinski definition) is 1. The van der Waals surface area contributed by atoms with Crippen molar-refractivity contribution in [3.8, 4) is 6.07 Å². The molecule has 1 spiro atoms. The van der Waals surface area contributed by atoms with Crippen molar-refractivity contribution in [1.82, 2.24) is 4.98 Å². The molecular weight excluding hydrogens is 312 g/mol. The third-order valence-electron chi connectivity index (χ3n) is 4.75. The first-order valence-electron chi connectivity index (χ1n) is 7.32. The Morgan fingerprint density at radius 2 is 2.22 bits per heavy atom. The fraction of sp³-hybridized carbons (Fsp3) is 0.235. The summed E-state index contributed by atoms with van der Waals surface area (Å²) in [6.45, 7) is 0.889. The van der Waals surface area contributed by atoms with Crippen LogP contribution in [0.25, 0.3) is 0 Å². The molecule has 0 saturated carbocycles. The molecule has 1 amide bonds. The molecule has 1 N–H and O–H groups in total. The van der Waals surface area contributed by atoms with Gasteiger partial charge in [-0.05, 0) is 17.7 Å². The maximum absolute atomic E-state index is 12.8. The number of carbonyl (C=O) groups is 1. The van der Waals surface area contributed by atoms with E-state index in [2.05, 4.69) is 16.4 Å². The van der Waals surface area contributed by atoms with Gasteiger partial charge in [-0.25, -0.2) is 0 Å². The van der Waals surface area contributed by atoms with Gasteiger partial charge in [-0.3, -0.25) is 9.78 Å². The molecule has 0 aliphatic carbocycles. The Morgan fingerprint density at radius 1 is 1.39 bits per heavy atom. The number of halogens is 1. The summed E-state index contributed by atoms with van der Waals surface area (Å²) in [5.74, 6) is -0.548. The standard InChI is InChI=1S/C17H13ClN4O/c18-13-8-20-6-5-15(13)22-9-11(7-19)17(10-22)12-3-1-2-4-14(12)21-16(17)23/h1-6,8,11H,9-10H2,(H,21,23)/t11-,17-/m0/s1. The number of carbonyl (C=O) groups excluding carboxylic acids is 1. The Kier molecular flexibility index (Phi) is 3.03. The molecule has 0 bridgehead atoms. The lowest BCUT2D eigenvalue weighted by Gasteiger charge is -2.25. The predicted octanol–water partition coefficient (Wildman–Crippen LogP) is 2.58. The van der Waals surface area contributed by atoms with Gasteiger partial charge in [0.25, 0.3) is 0 Å². The number of rotatable bonds is 1. The van der Waals surface area contributed by atoms with E-state index in [0.717, 1.165) is 16.9 Å². The SMILES string of the molecule is N#C[C@H]1CN(c2ccncc2Cl)C[C@]12C(=O)Nc1ccccc12. The molecule has 2 atom stereocenters. The van der Waals surface area contributed by atoms with Crippen LogP contribution in [0.2, 0.25) is 5.02 Å². The Morgan fingerprint density at radius 3 is 3.00 bits per heavy atom. The van der Waals surface area contributed by atoms with Crippen molar-refractivity contribution < 1.29 is 4.79 Å². The van der Waals surface area contributed by atoms with Crippen LogP contribution in [0, 0.1) is 17.2 Å². The van der Waals surface area contributed by atoms with E-state index in [0.29, 0.717) is 18.1 Å². The van der Waals surface area contributed by atoms with E-state index in [1.54, 1.807) is 12.4 Å². The van der Waals surface area contributed by atoms with Gasteiger partial charge in [0.05, 0.1) is 22.7 Å². The van der Waals surface area contributed by atoms with E-state index in [1.807, 2.05) is 35.2 Å². The summed E-state index contributed by atoms with van der Waals surface area (Å²) >= 11 is 6.24. The topological polar surface area (TPSA) is 69.0 Å². The summed E-state index contributed by atoms with van der Waals surface area (Å²) < 4.78 is 0. The summed E-state index contributed by atoms with van der Waals surface area (Å²) in [5.41, 5.74) is 1.64. The summed E-state index contributed by atoms with van der Waals surface area (Å²) in [4.78, 5) is 18.7. The highest BCUT2D eigenvalue weighted by Gasteiger charge is 2.58. The number of amides is 1. The van der Waals surface area contributed by atoms with Crippen LogP contribution in [-0.2, 0) is 10.2 Å². The smallest absolute Gasteiger partial charge is 0.238 e. The molecule has 1 saturated heterocycles. The predicted molar refractivity (Wildman–Crippen MR) is 87.3 cm³/mol. The number of pyridine rings is 1. The van der Waals surface area contributed by atoms with Crippen LogP contribution >= 0.6 is 11.6 Å². The lowest BCUT2D eigenvalue weighted by molar-refractivity contribution is -0.120. The third-order valence-corrected chi connectivity index (χ3v) is 5.04. The zero-order valence-electron chi connectivity index (χ0n) is 12.2. The van der Waals surface area contributed by atoms with Crippen molar-refractivity contribution in [1.29, 1.82) is 5.26 Å². The van der Waals surface area contributed by atoms with Crippen LogP contribution in [0.1, 0.15) is 5.56 Å². The lowest BCUT2D eigenvalue weighted by Crippen LogP contribution is -2.41. The van der Waals surface area contributed by atoms with Gasteiger partial charge in [0.2, 0.25) is 5.91 Å². The summed E-state index contributed by atoms with van der Waals surface area (Å²) in [6, 6.07) is 11.7. The van der Waals surface area contributed by atoms with Crippen LogP contribution in [0.15, 0.2) is 42.7 Å². The summed E-state index contributed by atoms with van der Waals surface area (Å²) in [7, 11) is 0. The number of nitrogens with zero attached hydrogens (tertiary/aromatic N) is 3. The van der Waals surface area contributed by atoms with Crippen LogP contribution in [0.3, 0.4) is 0 Å². The molecule has 0 radical (unpaired) electrons. The molecule has 5 nitrogen and oxygen atoms in total. The minimum atomic E-state index is -0.849. The number of nitrogens with one attached hydrogen (secondary N) is 1. The van der Waals surface area contributed by atoms with Gasteiger partial charge in [0.1, 0.15) is 5.41 Å². The van der Waals surface area contributed by atoms with E-state index in [-0.39, 0.29) is 5.91 Å². The monoisotopic (exact) mass is 324 g/mol. The van der Waals surface area contributed by atoms with E-state index in [9.17, 15) is 10.1 Å². The molecule has 6 heteroatoms. The number of aromatic nitrogens is 1. The molecule has 4 rings (SSSR count). The Labute approximate surface area is 138 Å². The van der Waals surface area contributed by atoms with Crippen LogP contribution in [0.5, 0.6) is 0 Å². The highest BCUT2D eigenvalue weighted by molar-refractivity contribution is 6.33. The number of para-hydroxylation sites is 1. The van der Waals surface area contributed by atoms with Gasteiger partial charge in [-0.15, -0.1) is 0 Å². The van der Waals surface area contributed by atoms with E-state index >= 15 is 0 Å². The zero-order chi connectivity index (χ0) is 16.0. The second-order valence-corrected chi connectivity index (χ2v) is 6.27. The van der Waals surface area contributed by atoms with Crippen LogP contribution < -0.4 is 10.2 Å². The average molecular weight is 325 g/mol. The van der Waals surface area contributed by atoms with Gasteiger partial charge < -0.3 is 10.2 Å². The number of fused-ring (bicyclic) bond motifs is 2. The second-order valence-electron chi connectivity index (χ2n) is 5.86. The first-order valence-corrected chi connectivity index (χ1v) is 7.69. The second kappa shape index (κ2) is 4.97. The van der Waals surface area contributed by atoms with E-state index in [1.165, 1.54) is 0 Å². The number of benzene rings is 1. The maximum Gasteiger partial charge on any atom is 0.238 e. The highest BCUT2D eigenvalue weighted by atomic mass is 35.5. The third kappa shape index (κ3) is 1.85. The van der Waals surface area contributed by atoms with Gasteiger partial charge in [0.15, 0.2) is 0 Å². The van der Waals surface area contributed by atoms with Crippen molar-refractivity contribution in [3.63, 3.8) is 0 Å². The number of nitriles is 1. The molecule has 2 aliphatic rings. The van der Waals surface area contributed by atoms with E-state index < -0.39 is 11.3 Å². The Bertz CT molecular complexity index is 846. The summed E-state index contributed by atoms with van der Waals surface area (Å²) in [6.07, 6.45) is 3.24. The average Bonchev–Trinajstić information content (AvgIpc) is 3.08. The van der Waals surface area contributed by atoms with Crippen LogP contribution in [0.4, 0.5) is 11.4 Å². The molecule has 3 heterocycles. The minimum Gasteiger partial charge on any atom is -0.367 e. The molecular formula is C17H13ClN4O. The number of anilines is 2. The number of hydrogen-bond acceptors (Lipinski definition) is 4. The van der Waals surface area contributed by atoms with Crippen LogP contribution in [-0.4, -0.2) is 24.0 Å². The highest BCUT2D eigenvalue weighted by Crippen LogP contribution is 2.48. The van der Waals surface area contributed by atoms with Gasteiger partial charge in [0, 0.05) is 31.2 Å². The largest absolute Gasteiger partial charge is 0.367 e. The molecule has 1 aromatic heterocycles. The molecule has 2 aromatic rings. The normalized spacial score (nSPS) is 25.3. The fourth-order valence-electron chi connectivity index (χ4n) is 3.65. The molecule has 23 heavy (non-hydrogen) atoms. The molecule has 114 valence electrons. The Hall–Kier alpha value is -2.58. The van der Waals surface area contributed by atoms with Crippen molar-refractivity contribution in [3.05, 3.63) is 53.3 Å². The van der Waals surface area contributed by atoms with Crippen molar-refractivity contribution in [2.45, 2.75) is 5.41 Å². The minimum absolute atomic E-state index is 0.113. The molecule has 2 aliphatic heterocycles. The van der Waals surface area contributed by atoms with E-state index in [4.69, 9.17) is 11.6 Å². The first-order chi connectivity index (χ1) is 11.2. The van der Waals surface area contributed by atoms with Gasteiger partial charge in [-0.1, -0.05) is 29.8 Å². The maximum atomic E-state index is 12.8. The lowest BCUT2D eigenvalue weighted by atomic mass is 9.74. The fourth-order valence-corrected chi connectivity index (χ4v) is 3.89. The van der Waals surface area contributed by atoms with Crippen molar-refractivity contribution in [2.75, 3.05) is 23.3 Å². The van der Waals surface area contributed by atoms with Gasteiger partial charge in [-0.2, -0.15) is 5.26 Å². The molecule has 0 unspecified atom stereocenters. The first kappa shape index (κ1) is 14.0. The van der Waals surface area contributed by atoms with Crippen molar-refractivity contribution >= 4 is 28.9 Å².